The van der Waals surface area contributed by atoms with Gasteiger partial charge in [-0.05, 0) is 39.1 Å². The molecule has 17 heavy (non-hydrogen) atoms. The van der Waals surface area contributed by atoms with Crippen LogP contribution in [-0.4, -0.2) is 18.1 Å². The fraction of sp³-hybridized carbons (Fsp3) is 0.917. The monoisotopic (exact) mass is 241 g/mol. The molecule has 5 heteroatoms. The summed E-state index contributed by atoms with van der Waals surface area (Å²) in [6.07, 6.45) is 5.44. The van der Waals surface area contributed by atoms with Crippen molar-refractivity contribution in [2.45, 2.75) is 64.9 Å². The number of hydrogen-bond acceptors (Lipinski definition) is 3. The van der Waals surface area contributed by atoms with Crippen LogP contribution in [0.15, 0.2) is 5.11 Å². The number of unbranched alkanes of at least 4 members (excludes halogenated alkanes) is 4. The molecule has 0 radical (unpaired) electrons. The standard InChI is InChI=1S/C12H23N3O2/c1-12(2,3)17-11(16)9-7-5-4-6-8-10-14-15-13/h4-10H2,1-3H3. The number of esters is 1. The molecule has 0 spiro atoms. The Kier molecular flexibility index (Phi) is 8.24. The quantitative estimate of drug-likeness (QED) is 0.212. The number of azide groups is 1. The van der Waals surface area contributed by atoms with Crippen LogP contribution in [0, 0.1) is 0 Å². The summed E-state index contributed by atoms with van der Waals surface area (Å²) in [7, 11) is 0. The zero-order valence-electron chi connectivity index (χ0n) is 11.1. The molecule has 0 atom stereocenters. The van der Waals surface area contributed by atoms with Gasteiger partial charge in [0.05, 0.1) is 0 Å². The molecule has 0 aliphatic heterocycles. The van der Waals surface area contributed by atoms with Gasteiger partial charge >= 0.3 is 5.97 Å². The average Bonchev–Trinajstić information content (AvgIpc) is 2.19. The molecule has 0 heterocycles. The highest BCUT2D eigenvalue weighted by Crippen LogP contribution is 2.11. The van der Waals surface area contributed by atoms with Gasteiger partial charge in [-0.25, -0.2) is 0 Å². The molecule has 98 valence electrons. The summed E-state index contributed by atoms with van der Waals surface area (Å²) in [5.41, 5.74) is 7.69. The first-order valence-electron chi connectivity index (χ1n) is 6.18. The van der Waals surface area contributed by atoms with E-state index in [4.69, 9.17) is 10.3 Å². The Bertz CT molecular complexity index is 265. The fourth-order valence-electron chi connectivity index (χ4n) is 1.42. The van der Waals surface area contributed by atoms with Crippen molar-refractivity contribution in [2.24, 2.45) is 5.11 Å². The third-order valence-corrected chi connectivity index (χ3v) is 2.12. The van der Waals surface area contributed by atoms with E-state index in [0.717, 1.165) is 32.1 Å². The van der Waals surface area contributed by atoms with Crippen LogP contribution in [0.5, 0.6) is 0 Å². The molecule has 0 amide bonds. The highest BCUT2D eigenvalue weighted by Gasteiger charge is 2.15. The molecular weight excluding hydrogens is 218 g/mol. The molecule has 0 aromatic rings. The number of ether oxygens (including phenoxy) is 1. The Morgan fingerprint density at radius 2 is 1.76 bits per heavy atom. The van der Waals surface area contributed by atoms with Gasteiger partial charge in [-0.3, -0.25) is 4.79 Å². The molecule has 0 aromatic heterocycles. The second-order valence-electron chi connectivity index (χ2n) is 5.06. The molecule has 0 fully saturated rings. The number of rotatable bonds is 8. The summed E-state index contributed by atoms with van der Waals surface area (Å²) < 4.78 is 5.20. The van der Waals surface area contributed by atoms with Crippen molar-refractivity contribution in [3.8, 4) is 0 Å². The summed E-state index contributed by atoms with van der Waals surface area (Å²) in [6, 6.07) is 0. The smallest absolute Gasteiger partial charge is 0.306 e. The fourth-order valence-corrected chi connectivity index (χ4v) is 1.42. The van der Waals surface area contributed by atoms with Crippen molar-refractivity contribution < 1.29 is 9.53 Å². The van der Waals surface area contributed by atoms with Gasteiger partial charge in [-0.1, -0.05) is 24.4 Å². The van der Waals surface area contributed by atoms with E-state index in [-0.39, 0.29) is 11.6 Å². The van der Waals surface area contributed by atoms with Gasteiger partial charge in [0.2, 0.25) is 0 Å². The molecule has 0 rings (SSSR count). The number of hydrogen-bond donors (Lipinski definition) is 0. The topological polar surface area (TPSA) is 75.1 Å². The molecular formula is C12H23N3O2. The molecule has 0 unspecified atom stereocenters. The van der Waals surface area contributed by atoms with Crippen molar-refractivity contribution in [3.63, 3.8) is 0 Å². The molecule has 0 aromatic carbocycles. The number of carbonyl (C=O) groups is 1. The van der Waals surface area contributed by atoms with Crippen LogP contribution in [0.2, 0.25) is 0 Å². The predicted molar refractivity (Wildman–Crippen MR) is 67.6 cm³/mol. The van der Waals surface area contributed by atoms with Gasteiger partial charge in [0.15, 0.2) is 0 Å². The maximum atomic E-state index is 11.4. The highest BCUT2D eigenvalue weighted by molar-refractivity contribution is 5.69. The van der Waals surface area contributed by atoms with Crippen LogP contribution < -0.4 is 0 Å². The molecule has 0 bridgehead atoms. The van der Waals surface area contributed by atoms with Gasteiger partial charge in [-0.15, -0.1) is 0 Å². The Hall–Kier alpha value is -1.22. The zero-order valence-corrected chi connectivity index (χ0v) is 11.1. The molecule has 0 aliphatic carbocycles. The first kappa shape index (κ1) is 15.8. The first-order chi connectivity index (χ1) is 7.95. The molecule has 5 nitrogen and oxygen atoms in total. The maximum Gasteiger partial charge on any atom is 0.306 e. The summed E-state index contributed by atoms with van der Waals surface area (Å²) in [5.74, 6) is -0.119. The van der Waals surface area contributed by atoms with Crippen molar-refractivity contribution in [1.82, 2.24) is 0 Å². The predicted octanol–water partition coefficient (Wildman–Crippen LogP) is 3.98. The van der Waals surface area contributed by atoms with Crippen LogP contribution in [-0.2, 0) is 9.53 Å². The van der Waals surface area contributed by atoms with Crippen LogP contribution in [0.25, 0.3) is 10.4 Å². The second kappa shape index (κ2) is 8.88. The van der Waals surface area contributed by atoms with Crippen LogP contribution in [0.1, 0.15) is 59.3 Å². The third kappa shape index (κ3) is 12.7. The summed E-state index contributed by atoms with van der Waals surface area (Å²) in [6.45, 7) is 6.20. The van der Waals surface area contributed by atoms with Crippen LogP contribution in [0.3, 0.4) is 0 Å². The van der Waals surface area contributed by atoms with Crippen molar-refractivity contribution in [1.29, 1.82) is 0 Å². The minimum absolute atomic E-state index is 0.119. The normalized spacial score (nSPS) is 10.8. The largest absolute Gasteiger partial charge is 0.460 e. The van der Waals surface area contributed by atoms with Crippen molar-refractivity contribution >= 4 is 5.97 Å². The van der Waals surface area contributed by atoms with Crippen LogP contribution >= 0.6 is 0 Å². The van der Waals surface area contributed by atoms with Crippen molar-refractivity contribution in [2.75, 3.05) is 6.54 Å². The molecule has 0 saturated heterocycles. The van der Waals surface area contributed by atoms with Gasteiger partial charge < -0.3 is 4.74 Å². The van der Waals surface area contributed by atoms with Crippen LogP contribution in [0.4, 0.5) is 0 Å². The second-order valence-corrected chi connectivity index (χ2v) is 5.06. The van der Waals surface area contributed by atoms with E-state index < -0.39 is 0 Å². The molecule has 0 N–H and O–H groups in total. The Morgan fingerprint density at radius 1 is 1.18 bits per heavy atom. The van der Waals surface area contributed by atoms with E-state index in [9.17, 15) is 4.79 Å². The first-order valence-corrected chi connectivity index (χ1v) is 6.18. The minimum Gasteiger partial charge on any atom is -0.460 e. The number of carbonyl (C=O) groups excluding carboxylic acids is 1. The lowest BCUT2D eigenvalue weighted by molar-refractivity contribution is -0.154. The van der Waals surface area contributed by atoms with Crippen molar-refractivity contribution in [3.05, 3.63) is 10.4 Å². The Morgan fingerprint density at radius 3 is 2.35 bits per heavy atom. The van der Waals surface area contributed by atoms with Gasteiger partial charge in [0, 0.05) is 17.9 Å². The summed E-state index contributed by atoms with van der Waals surface area (Å²) >= 11 is 0. The molecule has 0 saturated carbocycles. The van der Waals surface area contributed by atoms with Gasteiger partial charge in [0.1, 0.15) is 5.60 Å². The van der Waals surface area contributed by atoms with E-state index in [2.05, 4.69) is 10.0 Å². The number of nitrogens with zero attached hydrogens (tertiary/aromatic N) is 3. The van der Waals surface area contributed by atoms with Gasteiger partial charge in [-0.2, -0.15) is 0 Å². The van der Waals surface area contributed by atoms with E-state index >= 15 is 0 Å². The average molecular weight is 241 g/mol. The molecule has 0 aliphatic rings. The minimum atomic E-state index is -0.383. The lowest BCUT2D eigenvalue weighted by Gasteiger charge is -2.19. The highest BCUT2D eigenvalue weighted by atomic mass is 16.6. The van der Waals surface area contributed by atoms with E-state index in [1.807, 2.05) is 20.8 Å². The third-order valence-electron chi connectivity index (χ3n) is 2.12. The Labute approximate surface area is 103 Å². The van der Waals surface area contributed by atoms with E-state index in [0.29, 0.717) is 13.0 Å². The SMILES string of the molecule is CC(C)(C)OC(=O)CCCCCCCN=[N+]=[N-]. The zero-order chi connectivity index (χ0) is 13.1. The summed E-state index contributed by atoms with van der Waals surface area (Å²) in [4.78, 5) is 14.0. The van der Waals surface area contributed by atoms with E-state index in [1.54, 1.807) is 0 Å². The lowest BCUT2D eigenvalue weighted by atomic mass is 10.1. The van der Waals surface area contributed by atoms with E-state index in [1.165, 1.54) is 0 Å². The van der Waals surface area contributed by atoms with Gasteiger partial charge in [0.25, 0.3) is 0 Å². The summed E-state index contributed by atoms with van der Waals surface area (Å²) in [5, 5.41) is 3.46. The Balaban J connectivity index is 3.34. The lowest BCUT2D eigenvalue weighted by Crippen LogP contribution is -2.23. The maximum absolute atomic E-state index is 11.4.